The number of carbonyl (C=O) groups excluding carboxylic acids is 1. The van der Waals surface area contributed by atoms with Crippen LogP contribution in [-0.4, -0.2) is 15.5 Å². The molecule has 1 amide bonds. The summed E-state index contributed by atoms with van der Waals surface area (Å²) in [4.78, 5) is 30.4. The molecule has 38 heavy (non-hydrogen) atoms. The predicted octanol–water partition coefficient (Wildman–Crippen LogP) is 6.30. The van der Waals surface area contributed by atoms with Crippen LogP contribution in [0.1, 0.15) is 11.1 Å². The fourth-order valence-corrected chi connectivity index (χ4v) is 5.22. The van der Waals surface area contributed by atoms with E-state index in [9.17, 15) is 18.4 Å². The summed E-state index contributed by atoms with van der Waals surface area (Å²) in [6.45, 7) is 0.435. The Bertz CT molecular complexity index is 1790. The van der Waals surface area contributed by atoms with Crippen molar-refractivity contribution >= 4 is 45.5 Å². The van der Waals surface area contributed by atoms with E-state index in [1.807, 2.05) is 30.3 Å². The first-order valence-electron chi connectivity index (χ1n) is 11.9. The summed E-state index contributed by atoms with van der Waals surface area (Å²) in [7, 11) is 1.82. The van der Waals surface area contributed by atoms with Crippen molar-refractivity contribution in [2.24, 2.45) is 7.05 Å². The van der Waals surface area contributed by atoms with Crippen molar-refractivity contribution in [2.45, 2.75) is 13.0 Å². The zero-order valence-corrected chi connectivity index (χ0v) is 20.9. The van der Waals surface area contributed by atoms with Crippen LogP contribution in [0, 0.1) is 11.6 Å². The molecule has 0 bridgehead atoms. The van der Waals surface area contributed by atoms with Crippen molar-refractivity contribution in [3.8, 4) is 11.1 Å². The number of aryl methyl sites for hydroxylation is 1. The molecule has 9 heteroatoms. The molecular formula is C29H21ClF2N4O2. The number of aromatic amines is 1. The normalized spacial score (nSPS) is 12.4. The Morgan fingerprint density at radius 1 is 1.05 bits per heavy atom. The van der Waals surface area contributed by atoms with Crippen LogP contribution in [0.4, 0.5) is 25.8 Å². The average Bonchev–Trinajstić information content (AvgIpc) is 3.18. The summed E-state index contributed by atoms with van der Waals surface area (Å²) >= 11 is 5.82. The van der Waals surface area contributed by atoms with Gasteiger partial charge in [-0.1, -0.05) is 17.7 Å². The van der Waals surface area contributed by atoms with Gasteiger partial charge in [-0.25, -0.2) is 8.78 Å². The van der Waals surface area contributed by atoms with E-state index in [0.29, 0.717) is 17.7 Å². The minimum atomic E-state index is -0.543. The number of pyridine rings is 1. The highest BCUT2D eigenvalue weighted by Crippen LogP contribution is 2.44. The molecule has 5 aromatic rings. The van der Waals surface area contributed by atoms with E-state index >= 15 is 0 Å². The molecule has 0 saturated carbocycles. The number of aromatic nitrogens is 2. The molecule has 2 aromatic heterocycles. The van der Waals surface area contributed by atoms with Gasteiger partial charge in [-0.05, 0) is 65.7 Å². The molecule has 0 unspecified atom stereocenters. The zero-order chi connectivity index (χ0) is 26.6. The minimum absolute atomic E-state index is 0.157. The summed E-state index contributed by atoms with van der Waals surface area (Å²) in [6, 6.07) is 15.9. The Morgan fingerprint density at radius 2 is 1.84 bits per heavy atom. The number of benzene rings is 3. The van der Waals surface area contributed by atoms with Crippen molar-refractivity contribution in [1.82, 2.24) is 9.55 Å². The van der Waals surface area contributed by atoms with Gasteiger partial charge in [-0.2, -0.15) is 0 Å². The maximum Gasteiger partial charge on any atom is 0.272 e. The highest BCUT2D eigenvalue weighted by molar-refractivity contribution is 6.30. The molecular weight excluding hydrogens is 510 g/mol. The van der Waals surface area contributed by atoms with Crippen LogP contribution in [0.15, 0.2) is 77.9 Å². The molecule has 6 nitrogen and oxygen atoms in total. The smallest absolute Gasteiger partial charge is 0.272 e. The quantitative estimate of drug-likeness (QED) is 0.286. The van der Waals surface area contributed by atoms with Crippen molar-refractivity contribution < 1.29 is 13.6 Å². The van der Waals surface area contributed by atoms with Gasteiger partial charge < -0.3 is 19.8 Å². The fourth-order valence-electron chi connectivity index (χ4n) is 5.06. The minimum Gasteiger partial charge on any atom is -0.345 e. The van der Waals surface area contributed by atoms with E-state index in [0.717, 1.165) is 33.5 Å². The lowest BCUT2D eigenvalue weighted by Gasteiger charge is -2.26. The number of hydrogen-bond acceptors (Lipinski definition) is 3. The number of carbonyl (C=O) groups is 1. The molecule has 190 valence electrons. The lowest BCUT2D eigenvalue weighted by atomic mass is 10.0. The van der Waals surface area contributed by atoms with E-state index in [4.69, 9.17) is 11.6 Å². The molecule has 0 radical (unpaired) electrons. The third-order valence-corrected chi connectivity index (χ3v) is 7.02. The molecule has 0 fully saturated rings. The summed E-state index contributed by atoms with van der Waals surface area (Å²) < 4.78 is 29.7. The predicted molar refractivity (Wildman–Crippen MR) is 145 cm³/mol. The molecule has 0 saturated heterocycles. The lowest BCUT2D eigenvalue weighted by Crippen LogP contribution is -2.18. The first-order chi connectivity index (χ1) is 18.3. The van der Waals surface area contributed by atoms with Crippen LogP contribution in [0.25, 0.3) is 22.0 Å². The SMILES string of the molecule is Cn1cc2c3c(c[nH]c(=O)c31)CN(c1ccc(F)cc1)c1ccc(NC(=O)Cc3ccc(Cl)cc3F)cc1-2. The summed E-state index contributed by atoms with van der Waals surface area (Å²) in [5.74, 6) is -1.27. The first-order valence-corrected chi connectivity index (χ1v) is 12.3. The lowest BCUT2D eigenvalue weighted by molar-refractivity contribution is -0.115. The van der Waals surface area contributed by atoms with Crippen LogP contribution >= 0.6 is 11.6 Å². The average molecular weight is 531 g/mol. The molecule has 0 spiro atoms. The molecule has 3 heterocycles. The molecule has 1 aliphatic rings. The van der Waals surface area contributed by atoms with Crippen LogP contribution in [0.3, 0.4) is 0 Å². The van der Waals surface area contributed by atoms with Crippen molar-refractivity contribution in [3.05, 3.63) is 111 Å². The number of H-pyrrole nitrogens is 1. The number of halogens is 3. The molecule has 2 N–H and O–H groups in total. The van der Waals surface area contributed by atoms with Gasteiger partial charge in [0.25, 0.3) is 5.56 Å². The van der Waals surface area contributed by atoms with Gasteiger partial charge in [0.05, 0.1) is 13.0 Å². The first kappa shape index (κ1) is 23.9. The van der Waals surface area contributed by atoms with Gasteiger partial charge in [0.15, 0.2) is 0 Å². The van der Waals surface area contributed by atoms with Crippen molar-refractivity contribution in [2.75, 3.05) is 10.2 Å². The number of hydrogen-bond donors (Lipinski definition) is 2. The molecule has 3 aromatic carbocycles. The van der Waals surface area contributed by atoms with Crippen LogP contribution in [0.5, 0.6) is 0 Å². The van der Waals surface area contributed by atoms with Crippen molar-refractivity contribution in [1.29, 1.82) is 0 Å². The highest BCUT2D eigenvalue weighted by Gasteiger charge is 2.26. The molecule has 0 aliphatic carbocycles. The second kappa shape index (κ2) is 9.15. The van der Waals surface area contributed by atoms with E-state index in [1.54, 1.807) is 35.0 Å². The zero-order valence-electron chi connectivity index (χ0n) is 20.2. The Balaban J connectivity index is 1.45. The number of amides is 1. The maximum atomic E-state index is 14.2. The Morgan fingerprint density at radius 3 is 2.61 bits per heavy atom. The largest absolute Gasteiger partial charge is 0.345 e. The van der Waals surface area contributed by atoms with Gasteiger partial charge in [-0.15, -0.1) is 0 Å². The van der Waals surface area contributed by atoms with Crippen LogP contribution in [-0.2, 0) is 24.8 Å². The van der Waals surface area contributed by atoms with Crippen LogP contribution < -0.4 is 15.8 Å². The number of nitrogens with one attached hydrogen (secondary N) is 2. The summed E-state index contributed by atoms with van der Waals surface area (Å²) in [5.41, 5.74) is 5.23. The Kier molecular flexibility index (Phi) is 5.76. The van der Waals surface area contributed by atoms with Gasteiger partial charge in [0, 0.05) is 58.0 Å². The van der Waals surface area contributed by atoms with E-state index in [1.165, 1.54) is 24.3 Å². The topological polar surface area (TPSA) is 70.1 Å². The van der Waals surface area contributed by atoms with Crippen molar-refractivity contribution in [3.63, 3.8) is 0 Å². The van der Waals surface area contributed by atoms with Gasteiger partial charge >= 0.3 is 0 Å². The Hall–Kier alpha value is -4.43. The molecule has 6 rings (SSSR count). The Labute approximate surface area is 221 Å². The van der Waals surface area contributed by atoms with E-state index in [2.05, 4.69) is 10.3 Å². The number of rotatable bonds is 4. The van der Waals surface area contributed by atoms with E-state index < -0.39 is 5.82 Å². The second-order valence-electron chi connectivity index (χ2n) is 9.28. The van der Waals surface area contributed by atoms with Gasteiger partial charge in [0.2, 0.25) is 5.91 Å². The maximum absolute atomic E-state index is 14.2. The highest BCUT2D eigenvalue weighted by atomic mass is 35.5. The fraction of sp³-hybridized carbons (Fsp3) is 0.103. The number of nitrogens with zero attached hydrogens (tertiary/aromatic N) is 2. The second-order valence-corrected chi connectivity index (χ2v) is 9.71. The third kappa shape index (κ3) is 4.13. The molecule has 0 atom stereocenters. The monoisotopic (exact) mass is 530 g/mol. The summed E-state index contributed by atoms with van der Waals surface area (Å²) in [5, 5.41) is 3.93. The number of anilines is 3. The van der Waals surface area contributed by atoms with E-state index in [-0.39, 0.29) is 34.3 Å². The standard InChI is InChI=1S/C29H21ClF2N4O2/c1-35-15-23-22-12-20(34-26(37)10-16-2-3-18(30)11-24(16)32)6-9-25(22)36(21-7-4-19(31)5-8-21)14-17-13-33-29(38)28(35)27(17)23/h2-9,11-13,15H,10,14H2,1H3,(H,33,38)(H,34,37). The third-order valence-electron chi connectivity index (χ3n) is 6.79. The number of fused-ring (bicyclic) bond motifs is 2. The van der Waals surface area contributed by atoms with Gasteiger partial charge in [0.1, 0.15) is 17.2 Å². The van der Waals surface area contributed by atoms with Gasteiger partial charge in [-0.3, -0.25) is 9.59 Å². The van der Waals surface area contributed by atoms with Crippen LogP contribution in [0.2, 0.25) is 5.02 Å². The molecule has 1 aliphatic heterocycles. The summed E-state index contributed by atoms with van der Waals surface area (Å²) in [6.07, 6.45) is 3.45.